The van der Waals surface area contributed by atoms with E-state index in [1.54, 1.807) is 42.5 Å². The summed E-state index contributed by atoms with van der Waals surface area (Å²) in [7, 11) is 1.49. The fourth-order valence-corrected chi connectivity index (χ4v) is 2.62. The summed E-state index contributed by atoms with van der Waals surface area (Å²) in [5, 5.41) is 3.03. The van der Waals surface area contributed by atoms with Crippen molar-refractivity contribution in [3.05, 3.63) is 53.1 Å². The highest BCUT2D eigenvalue weighted by Gasteiger charge is 2.17. The molecule has 0 aromatic heterocycles. The van der Waals surface area contributed by atoms with Crippen molar-refractivity contribution in [2.24, 2.45) is 0 Å². The number of ether oxygens (including phenoxy) is 1. The van der Waals surface area contributed by atoms with E-state index in [4.69, 9.17) is 16.3 Å². The monoisotopic (exact) mass is 374 g/mol. The maximum Gasteiger partial charge on any atom is 0.244 e. The molecule has 0 saturated carbocycles. The molecule has 136 valence electrons. The first-order valence-corrected chi connectivity index (χ1v) is 8.22. The van der Waals surface area contributed by atoms with E-state index < -0.39 is 5.91 Å². The zero-order valence-corrected chi connectivity index (χ0v) is 15.5. The maximum absolute atomic E-state index is 12.3. The third-order valence-corrected chi connectivity index (χ3v) is 3.98. The highest BCUT2D eigenvalue weighted by atomic mass is 35.5. The Labute approximate surface area is 156 Å². The third-order valence-electron chi connectivity index (χ3n) is 3.68. The standard InChI is InChI=1S/C19H19ClN2O4/c1-12(23)14-5-4-6-15(9-14)21-19(25)11-22(13(2)24)16-7-8-18(26-3)17(20)10-16/h4-10H,11H2,1-3H3,(H,21,25). The van der Waals surface area contributed by atoms with Crippen molar-refractivity contribution in [2.45, 2.75) is 13.8 Å². The molecule has 0 fully saturated rings. The molecule has 26 heavy (non-hydrogen) atoms. The second kappa shape index (κ2) is 8.49. The number of Topliss-reactive ketones (excluding diaryl/α,β-unsaturated/α-hetero) is 1. The van der Waals surface area contributed by atoms with Gasteiger partial charge in [-0.2, -0.15) is 0 Å². The maximum atomic E-state index is 12.3. The molecule has 0 saturated heterocycles. The number of hydrogen-bond acceptors (Lipinski definition) is 4. The predicted octanol–water partition coefficient (Wildman–Crippen LogP) is 3.54. The average Bonchev–Trinajstić information content (AvgIpc) is 2.59. The van der Waals surface area contributed by atoms with Gasteiger partial charge >= 0.3 is 0 Å². The van der Waals surface area contributed by atoms with Crippen LogP contribution in [0.1, 0.15) is 24.2 Å². The van der Waals surface area contributed by atoms with Gasteiger partial charge in [0.1, 0.15) is 12.3 Å². The molecule has 0 aliphatic heterocycles. The molecule has 0 aliphatic rings. The second-order valence-corrected chi connectivity index (χ2v) is 6.02. The zero-order valence-electron chi connectivity index (χ0n) is 14.7. The first-order chi connectivity index (χ1) is 12.3. The highest BCUT2D eigenvalue weighted by molar-refractivity contribution is 6.32. The van der Waals surface area contributed by atoms with Gasteiger partial charge in [0.25, 0.3) is 0 Å². The fraction of sp³-hybridized carbons (Fsp3) is 0.211. The van der Waals surface area contributed by atoms with Crippen molar-refractivity contribution >= 4 is 40.6 Å². The van der Waals surface area contributed by atoms with E-state index in [0.29, 0.717) is 27.7 Å². The third kappa shape index (κ3) is 4.83. The molecule has 0 aliphatic carbocycles. The molecule has 0 atom stereocenters. The van der Waals surface area contributed by atoms with Crippen LogP contribution < -0.4 is 15.0 Å². The number of nitrogens with one attached hydrogen (secondary N) is 1. The number of methoxy groups -OCH3 is 1. The van der Waals surface area contributed by atoms with Crippen LogP contribution in [0.5, 0.6) is 5.75 Å². The molecule has 1 N–H and O–H groups in total. The van der Waals surface area contributed by atoms with Gasteiger partial charge in [0, 0.05) is 23.9 Å². The Kier molecular flexibility index (Phi) is 6.36. The van der Waals surface area contributed by atoms with Gasteiger partial charge in [-0.3, -0.25) is 14.4 Å². The number of nitrogens with zero attached hydrogens (tertiary/aromatic N) is 1. The van der Waals surface area contributed by atoms with Crippen LogP contribution in [0.3, 0.4) is 0 Å². The largest absolute Gasteiger partial charge is 0.495 e. The molecule has 2 amide bonds. The van der Waals surface area contributed by atoms with Crippen LogP contribution in [0.15, 0.2) is 42.5 Å². The van der Waals surface area contributed by atoms with E-state index in [2.05, 4.69) is 5.32 Å². The van der Waals surface area contributed by atoms with Gasteiger partial charge in [-0.25, -0.2) is 0 Å². The minimum atomic E-state index is -0.396. The van der Waals surface area contributed by atoms with E-state index in [9.17, 15) is 14.4 Å². The van der Waals surface area contributed by atoms with Crippen molar-refractivity contribution in [3.63, 3.8) is 0 Å². The molecule has 0 heterocycles. The molecule has 2 aromatic carbocycles. The topological polar surface area (TPSA) is 75.7 Å². The first kappa shape index (κ1) is 19.5. The lowest BCUT2D eigenvalue weighted by molar-refractivity contribution is -0.120. The molecular formula is C19H19ClN2O4. The summed E-state index contributed by atoms with van der Waals surface area (Å²) in [4.78, 5) is 37.0. The molecule has 0 spiro atoms. The predicted molar refractivity (Wildman–Crippen MR) is 101 cm³/mol. The first-order valence-electron chi connectivity index (χ1n) is 7.84. The van der Waals surface area contributed by atoms with Crippen molar-refractivity contribution in [1.82, 2.24) is 0 Å². The van der Waals surface area contributed by atoms with Crippen molar-refractivity contribution in [3.8, 4) is 5.75 Å². The van der Waals surface area contributed by atoms with E-state index >= 15 is 0 Å². The van der Waals surface area contributed by atoms with Crippen LogP contribution in [-0.4, -0.2) is 31.3 Å². The SMILES string of the molecule is COc1ccc(N(CC(=O)Nc2cccc(C(C)=O)c2)C(C)=O)cc1Cl. The number of anilines is 2. The second-order valence-electron chi connectivity index (χ2n) is 5.61. The van der Waals surface area contributed by atoms with E-state index in [0.717, 1.165) is 0 Å². The lowest BCUT2D eigenvalue weighted by atomic mass is 10.1. The Hall–Kier alpha value is -2.86. The number of benzene rings is 2. The molecule has 7 heteroatoms. The Bertz CT molecular complexity index is 851. The van der Waals surface area contributed by atoms with Gasteiger partial charge in [-0.15, -0.1) is 0 Å². The van der Waals surface area contributed by atoms with Crippen LogP contribution in [-0.2, 0) is 9.59 Å². The van der Waals surface area contributed by atoms with E-state index in [1.165, 1.54) is 25.9 Å². The van der Waals surface area contributed by atoms with Gasteiger partial charge in [0.05, 0.1) is 12.1 Å². The van der Waals surface area contributed by atoms with E-state index in [1.807, 2.05) is 0 Å². The molecule has 0 unspecified atom stereocenters. The quantitative estimate of drug-likeness (QED) is 0.784. The van der Waals surface area contributed by atoms with Gasteiger partial charge in [0.15, 0.2) is 5.78 Å². The molecule has 0 radical (unpaired) electrons. The minimum absolute atomic E-state index is 0.0978. The Morgan fingerprint density at radius 2 is 1.85 bits per heavy atom. The number of rotatable bonds is 6. The van der Waals surface area contributed by atoms with Crippen molar-refractivity contribution in [1.29, 1.82) is 0 Å². The van der Waals surface area contributed by atoms with E-state index in [-0.39, 0.29) is 18.2 Å². The van der Waals surface area contributed by atoms with Crippen LogP contribution in [0, 0.1) is 0 Å². The van der Waals surface area contributed by atoms with Crippen molar-refractivity contribution < 1.29 is 19.1 Å². The summed E-state index contributed by atoms with van der Waals surface area (Å²) in [6.45, 7) is 2.62. The van der Waals surface area contributed by atoms with Gasteiger partial charge < -0.3 is 15.0 Å². The van der Waals surface area contributed by atoms with Crippen molar-refractivity contribution in [2.75, 3.05) is 23.9 Å². The number of amides is 2. The minimum Gasteiger partial charge on any atom is -0.495 e. The van der Waals surface area contributed by atoms with Gasteiger partial charge in [-0.05, 0) is 37.3 Å². The lowest BCUT2D eigenvalue weighted by Crippen LogP contribution is -2.36. The lowest BCUT2D eigenvalue weighted by Gasteiger charge is -2.21. The summed E-state index contributed by atoms with van der Waals surface area (Å²) >= 11 is 6.10. The summed E-state index contributed by atoms with van der Waals surface area (Å²) in [6, 6.07) is 11.4. The summed E-state index contributed by atoms with van der Waals surface area (Å²) < 4.78 is 5.09. The number of carbonyl (C=O) groups excluding carboxylic acids is 3. The molecule has 0 bridgehead atoms. The number of carbonyl (C=O) groups is 3. The Morgan fingerprint density at radius 1 is 1.12 bits per heavy atom. The summed E-state index contributed by atoms with van der Waals surface area (Å²) in [5.74, 6) is -0.324. The molecule has 2 aromatic rings. The highest BCUT2D eigenvalue weighted by Crippen LogP contribution is 2.29. The van der Waals surface area contributed by atoms with Crippen LogP contribution in [0.25, 0.3) is 0 Å². The number of ketones is 1. The van der Waals surface area contributed by atoms with Crippen LogP contribution >= 0.6 is 11.6 Å². The molecule has 6 nitrogen and oxygen atoms in total. The Morgan fingerprint density at radius 3 is 2.42 bits per heavy atom. The fourth-order valence-electron chi connectivity index (χ4n) is 2.37. The average molecular weight is 375 g/mol. The number of hydrogen-bond donors (Lipinski definition) is 1. The zero-order chi connectivity index (χ0) is 19.3. The summed E-state index contributed by atoms with van der Waals surface area (Å²) in [5.41, 5.74) is 1.46. The normalized spacial score (nSPS) is 10.2. The Balaban J connectivity index is 2.16. The van der Waals surface area contributed by atoms with Gasteiger partial charge in [0.2, 0.25) is 11.8 Å². The summed E-state index contributed by atoms with van der Waals surface area (Å²) in [6.07, 6.45) is 0. The number of halogens is 1. The van der Waals surface area contributed by atoms with Crippen LogP contribution in [0.2, 0.25) is 5.02 Å². The molecule has 2 rings (SSSR count). The van der Waals surface area contributed by atoms with Gasteiger partial charge in [-0.1, -0.05) is 23.7 Å². The van der Waals surface area contributed by atoms with Crippen LogP contribution in [0.4, 0.5) is 11.4 Å². The smallest absolute Gasteiger partial charge is 0.244 e. The molecular weight excluding hydrogens is 356 g/mol.